The summed E-state index contributed by atoms with van der Waals surface area (Å²) in [4.78, 5) is 0. The van der Waals surface area contributed by atoms with Gasteiger partial charge in [0.15, 0.2) is 0 Å². The van der Waals surface area contributed by atoms with Crippen LogP contribution in [-0.2, 0) is 4.74 Å². The van der Waals surface area contributed by atoms with Crippen molar-refractivity contribution in [3.8, 4) is 0 Å². The number of alkyl halides is 2. The van der Waals surface area contributed by atoms with E-state index in [1.807, 2.05) is 0 Å². The molecule has 1 N–H and O–H groups in total. The van der Waals surface area contributed by atoms with E-state index in [0.717, 1.165) is 6.54 Å². The Kier molecular flexibility index (Phi) is 4.85. The zero-order valence-electron chi connectivity index (χ0n) is 5.35. The lowest BCUT2D eigenvalue weighted by Crippen LogP contribution is -2.19. The van der Waals surface area contributed by atoms with Crippen LogP contribution in [0.3, 0.4) is 0 Å². The van der Waals surface area contributed by atoms with Gasteiger partial charge in [0, 0.05) is 6.54 Å². The molecule has 1 aliphatic rings. The van der Waals surface area contributed by atoms with Crippen LogP contribution in [-0.4, -0.2) is 25.8 Å². The number of nitrogens with one attached hydrogen (secondary N) is 1. The molecule has 0 bridgehead atoms. The molecule has 1 fully saturated rings. The van der Waals surface area contributed by atoms with Crippen LogP contribution in [0.25, 0.3) is 0 Å². The summed E-state index contributed by atoms with van der Waals surface area (Å²) < 4.78 is 27.1. The molecular weight excluding hydrogens is 164 g/mol. The Hall–Kier alpha value is 0.0700. The SMILES string of the molecule is Cl.FC(F)OC1CCNC1. The van der Waals surface area contributed by atoms with Crippen LogP contribution in [0.4, 0.5) is 8.78 Å². The van der Waals surface area contributed by atoms with Gasteiger partial charge in [0.05, 0.1) is 6.10 Å². The molecule has 0 aromatic rings. The van der Waals surface area contributed by atoms with E-state index in [2.05, 4.69) is 10.1 Å². The van der Waals surface area contributed by atoms with Gasteiger partial charge in [-0.05, 0) is 13.0 Å². The second kappa shape index (κ2) is 4.82. The van der Waals surface area contributed by atoms with Crippen LogP contribution < -0.4 is 5.32 Å². The zero-order valence-corrected chi connectivity index (χ0v) is 6.16. The molecule has 0 saturated carbocycles. The molecule has 0 amide bonds. The van der Waals surface area contributed by atoms with Gasteiger partial charge in [0.1, 0.15) is 0 Å². The highest BCUT2D eigenvalue weighted by Crippen LogP contribution is 2.07. The van der Waals surface area contributed by atoms with Crippen LogP contribution >= 0.6 is 12.4 Å². The Bertz CT molecular complexity index is 87.7. The van der Waals surface area contributed by atoms with Gasteiger partial charge >= 0.3 is 6.61 Å². The van der Waals surface area contributed by atoms with Crippen molar-refractivity contribution in [2.45, 2.75) is 19.1 Å². The average Bonchev–Trinajstić information content (AvgIpc) is 2.15. The van der Waals surface area contributed by atoms with Crippen molar-refractivity contribution < 1.29 is 13.5 Å². The number of hydrogen-bond acceptors (Lipinski definition) is 2. The molecule has 0 spiro atoms. The molecule has 0 aromatic carbocycles. The number of rotatable bonds is 2. The lowest BCUT2D eigenvalue weighted by molar-refractivity contribution is -0.156. The lowest BCUT2D eigenvalue weighted by atomic mass is 10.3. The lowest BCUT2D eigenvalue weighted by Gasteiger charge is -2.07. The average molecular weight is 174 g/mol. The first-order chi connectivity index (χ1) is 4.29. The highest BCUT2D eigenvalue weighted by atomic mass is 35.5. The molecule has 1 heterocycles. The van der Waals surface area contributed by atoms with E-state index in [0.29, 0.717) is 13.0 Å². The molecule has 0 radical (unpaired) electrons. The van der Waals surface area contributed by atoms with Crippen molar-refractivity contribution in [1.29, 1.82) is 0 Å². The molecule has 62 valence electrons. The topological polar surface area (TPSA) is 21.3 Å². The normalized spacial score (nSPS) is 24.9. The molecule has 0 aromatic heterocycles. The summed E-state index contributed by atoms with van der Waals surface area (Å²) in [6.07, 6.45) is 0.426. The highest BCUT2D eigenvalue weighted by Gasteiger charge is 2.18. The smallest absolute Gasteiger partial charge is 0.318 e. The molecule has 1 atom stereocenters. The van der Waals surface area contributed by atoms with Gasteiger partial charge in [-0.3, -0.25) is 0 Å². The third-order valence-electron chi connectivity index (χ3n) is 1.31. The van der Waals surface area contributed by atoms with Crippen molar-refractivity contribution in [2.24, 2.45) is 0 Å². The summed E-state index contributed by atoms with van der Waals surface area (Å²) in [5.74, 6) is 0. The highest BCUT2D eigenvalue weighted by molar-refractivity contribution is 5.85. The molecular formula is C5H10ClF2NO. The van der Waals surface area contributed by atoms with Crippen molar-refractivity contribution in [2.75, 3.05) is 13.1 Å². The molecule has 1 unspecified atom stereocenters. The Morgan fingerprint density at radius 1 is 1.50 bits per heavy atom. The van der Waals surface area contributed by atoms with E-state index in [4.69, 9.17) is 0 Å². The van der Waals surface area contributed by atoms with E-state index < -0.39 is 6.61 Å². The van der Waals surface area contributed by atoms with Gasteiger partial charge in [0.25, 0.3) is 0 Å². The maximum atomic E-state index is 11.4. The predicted octanol–water partition coefficient (Wildman–Crippen LogP) is 1.01. The van der Waals surface area contributed by atoms with E-state index in [9.17, 15) is 8.78 Å². The Labute approximate surface area is 64.3 Å². The van der Waals surface area contributed by atoms with Crippen LogP contribution in [0, 0.1) is 0 Å². The van der Waals surface area contributed by atoms with Crippen LogP contribution in [0.5, 0.6) is 0 Å². The summed E-state index contributed by atoms with van der Waals surface area (Å²) in [7, 11) is 0. The van der Waals surface area contributed by atoms with Gasteiger partial charge in [-0.25, -0.2) is 0 Å². The van der Waals surface area contributed by atoms with Gasteiger partial charge in [-0.1, -0.05) is 0 Å². The minimum Gasteiger partial charge on any atom is -0.318 e. The number of halogens is 3. The van der Waals surface area contributed by atoms with Crippen LogP contribution in [0.1, 0.15) is 6.42 Å². The summed E-state index contributed by atoms with van der Waals surface area (Å²) in [6, 6.07) is 0. The maximum Gasteiger partial charge on any atom is 0.345 e. The second-order valence-corrected chi connectivity index (χ2v) is 2.01. The summed E-state index contributed by atoms with van der Waals surface area (Å²) in [5.41, 5.74) is 0. The Morgan fingerprint density at radius 3 is 2.60 bits per heavy atom. The monoisotopic (exact) mass is 173 g/mol. The molecule has 2 nitrogen and oxygen atoms in total. The molecule has 5 heteroatoms. The first-order valence-electron chi connectivity index (χ1n) is 2.93. The molecule has 1 rings (SSSR count). The van der Waals surface area contributed by atoms with Gasteiger partial charge in [-0.2, -0.15) is 8.78 Å². The first kappa shape index (κ1) is 10.1. The third-order valence-corrected chi connectivity index (χ3v) is 1.31. The molecule has 1 aliphatic heterocycles. The third kappa shape index (κ3) is 3.29. The predicted molar refractivity (Wildman–Crippen MR) is 35.6 cm³/mol. The molecule has 0 aliphatic carbocycles. The fourth-order valence-electron chi connectivity index (χ4n) is 0.890. The Morgan fingerprint density at radius 2 is 2.20 bits per heavy atom. The van der Waals surface area contributed by atoms with Gasteiger partial charge in [0.2, 0.25) is 0 Å². The van der Waals surface area contributed by atoms with Crippen molar-refractivity contribution in [3.63, 3.8) is 0 Å². The standard InChI is InChI=1S/C5H9F2NO.ClH/c6-5(7)9-4-1-2-8-3-4;/h4-5,8H,1-3H2;1H. The van der Waals surface area contributed by atoms with Crippen LogP contribution in [0.15, 0.2) is 0 Å². The fraction of sp³-hybridized carbons (Fsp3) is 1.00. The first-order valence-corrected chi connectivity index (χ1v) is 2.93. The van der Waals surface area contributed by atoms with Crippen LogP contribution in [0.2, 0.25) is 0 Å². The molecule has 1 saturated heterocycles. The number of ether oxygens (including phenoxy) is 1. The van der Waals surface area contributed by atoms with E-state index in [1.54, 1.807) is 0 Å². The maximum absolute atomic E-state index is 11.4. The molecule has 10 heavy (non-hydrogen) atoms. The minimum absolute atomic E-state index is 0. The van der Waals surface area contributed by atoms with E-state index >= 15 is 0 Å². The Balaban J connectivity index is 0.000000810. The summed E-state index contributed by atoms with van der Waals surface area (Å²) >= 11 is 0. The minimum atomic E-state index is -2.62. The largest absolute Gasteiger partial charge is 0.345 e. The van der Waals surface area contributed by atoms with E-state index in [-0.39, 0.29) is 18.5 Å². The fourth-order valence-corrected chi connectivity index (χ4v) is 0.890. The van der Waals surface area contributed by atoms with Crippen molar-refractivity contribution >= 4 is 12.4 Å². The van der Waals surface area contributed by atoms with Gasteiger partial charge in [-0.15, -0.1) is 12.4 Å². The zero-order chi connectivity index (χ0) is 6.69. The van der Waals surface area contributed by atoms with E-state index in [1.165, 1.54) is 0 Å². The number of hydrogen-bond donors (Lipinski definition) is 1. The van der Waals surface area contributed by atoms with Crippen molar-refractivity contribution in [3.05, 3.63) is 0 Å². The van der Waals surface area contributed by atoms with Gasteiger partial charge < -0.3 is 10.1 Å². The summed E-state index contributed by atoms with van der Waals surface area (Å²) in [6.45, 7) is -1.27. The summed E-state index contributed by atoms with van der Waals surface area (Å²) in [5, 5.41) is 2.92. The quantitative estimate of drug-likeness (QED) is 0.673. The van der Waals surface area contributed by atoms with Crippen molar-refractivity contribution in [1.82, 2.24) is 5.32 Å². The second-order valence-electron chi connectivity index (χ2n) is 2.01.